The molecule has 0 unspecified atom stereocenters. The van der Waals surface area contributed by atoms with Gasteiger partial charge in [-0.15, -0.1) is 11.3 Å². The fourth-order valence-electron chi connectivity index (χ4n) is 2.87. The second-order valence-corrected chi connectivity index (χ2v) is 6.60. The maximum Gasteiger partial charge on any atom is 0.132 e. The number of fused-ring (bicyclic) bond motifs is 1. The minimum absolute atomic E-state index is 0.514. The van der Waals surface area contributed by atoms with Gasteiger partial charge in [-0.1, -0.05) is 24.3 Å². The molecule has 0 saturated carbocycles. The van der Waals surface area contributed by atoms with E-state index in [2.05, 4.69) is 16.4 Å². The Morgan fingerprint density at radius 1 is 0.880 bits per heavy atom. The van der Waals surface area contributed by atoms with Crippen molar-refractivity contribution in [1.29, 1.82) is 5.26 Å². The van der Waals surface area contributed by atoms with E-state index >= 15 is 0 Å². The number of thiophene rings is 1. The summed E-state index contributed by atoms with van der Waals surface area (Å²) in [7, 11) is 0. The molecule has 0 aliphatic rings. The molecule has 0 radical (unpaired) electrons. The molecule has 4 nitrogen and oxygen atoms in total. The summed E-state index contributed by atoms with van der Waals surface area (Å²) in [5.74, 6) is 0.514. The minimum atomic E-state index is 0.514. The maximum atomic E-state index is 8.97. The Bertz CT molecular complexity index is 1100. The number of hydrogen-bond donors (Lipinski definition) is 2. The van der Waals surface area contributed by atoms with Gasteiger partial charge in [-0.3, -0.25) is 0 Å². The largest absolute Gasteiger partial charge is 0.399 e. The fourth-order valence-corrected chi connectivity index (χ4v) is 3.99. The van der Waals surface area contributed by atoms with Gasteiger partial charge in [0.15, 0.2) is 0 Å². The molecule has 0 bridgehead atoms. The maximum absolute atomic E-state index is 8.97. The van der Waals surface area contributed by atoms with Crippen LogP contribution >= 0.6 is 11.3 Å². The SMILES string of the molecule is N#Cc1ccc(-c2cnc(N)c3c(-c4ccc(N)cc4)csc23)cc1. The first kappa shape index (κ1) is 15.2. The monoisotopic (exact) mass is 342 g/mol. The van der Waals surface area contributed by atoms with Crippen LogP contribution in [0, 0.1) is 11.3 Å². The summed E-state index contributed by atoms with van der Waals surface area (Å²) >= 11 is 1.64. The summed E-state index contributed by atoms with van der Waals surface area (Å²) in [4.78, 5) is 4.40. The lowest BCUT2D eigenvalue weighted by Crippen LogP contribution is -1.93. The van der Waals surface area contributed by atoms with Gasteiger partial charge in [-0.05, 0) is 40.8 Å². The topological polar surface area (TPSA) is 88.7 Å². The molecular weight excluding hydrogens is 328 g/mol. The lowest BCUT2D eigenvalue weighted by molar-refractivity contribution is 1.37. The molecule has 25 heavy (non-hydrogen) atoms. The first-order chi connectivity index (χ1) is 12.2. The van der Waals surface area contributed by atoms with E-state index < -0.39 is 0 Å². The molecule has 2 aromatic carbocycles. The van der Waals surface area contributed by atoms with Crippen molar-refractivity contribution in [3.05, 3.63) is 65.7 Å². The number of pyridine rings is 1. The third kappa shape index (κ3) is 2.59. The van der Waals surface area contributed by atoms with Crippen LogP contribution in [0.25, 0.3) is 32.3 Å². The molecule has 0 atom stereocenters. The van der Waals surface area contributed by atoms with E-state index in [1.807, 2.05) is 48.5 Å². The zero-order chi connectivity index (χ0) is 17.4. The van der Waals surface area contributed by atoms with E-state index in [9.17, 15) is 0 Å². The molecule has 0 saturated heterocycles. The van der Waals surface area contributed by atoms with Gasteiger partial charge in [0.2, 0.25) is 0 Å². The molecule has 5 heteroatoms. The Hall–Kier alpha value is -3.36. The normalized spacial score (nSPS) is 10.7. The van der Waals surface area contributed by atoms with E-state index in [1.54, 1.807) is 17.5 Å². The van der Waals surface area contributed by atoms with Crippen LogP contribution in [-0.2, 0) is 0 Å². The van der Waals surface area contributed by atoms with Crippen molar-refractivity contribution in [2.24, 2.45) is 0 Å². The fraction of sp³-hybridized carbons (Fsp3) is 0. The lowest BCUT2D eigenvalue weighted by Gasteiger charge is -2.07. The minimum Gasteiger partial charge on any atom is -0.399 e. The summed E-state index contributed by atoms with van der Waals surface area (Å²) in [5.41, 5.74) is 17.5. The van der Waals surface area contributed by atoms with Crippen LogP contribution in [0.4, 0.5) is 11.5 Å². The van der Waals surface area contributed by atoms with Gasteiger partial charge in [-0.25, -0.2) is 4.98 Å². The predicted molar refractivity (Wildman–Crippen MR) is 104 cm³/mol. The van der Waals surface area contributed by atoms with Crippen molar-refractivity contribution in [3.8, 4) is 28.3 Å². The van der Waals surface area contributed by atoms with Crippen molar-refractivity contribution in [2.45, 2.75) is 0 Å². The van der Waals surface area contributed by atoms with E-state index in [0.717, 1.165) is 38.0 Å². The number of nitriles is 1. The quantitative estimate of drug-likeness (QED) is 0.518. The average Bonchev–Trinajstić information content (AvgIpc) is 3.09. The molecule has 2 heterocycles. The molecule has 0 aliphatic carbocycles. The molecule has 4 aromatic rings. The number of aromatic nitrogens is 1. The number of hydrogen-bond acceptors (Lipinski definition) is 5. The second-order valence-electron chi connectivity index (χ2n) is 5.72. The Labute approximate surface area is 149 Å². The third-order valence-electron chi connectivity index (χ3n) is 4.17. The first-order valence-electron chi connectivity index (χ1n) is 7.69. The highest BCUT2D eigenvalue weighted by molar-refractivity contribution is 7.18. The zero-order valence-electron chi connectivity index (χ0n) is 13.2. The van der Waals surface area contributed by atoms with E-state index in [4.69, 9.17) is 16.7 Å². The Morgan fingerprint density at radius 3 is 2.20 bits per heavy atom. The number of nitrogens with two attached hydrogens (primary N) is 2. The van der Waals surface area contributed by atoms with E-state index in [0.29, 0.717) is 11.4 Å². The van der Waals surface area contributed by atoms with Crippen LogP contribution < -0.4 is 11.5 Å². The molecule has 0 spiro atoms. The molecule has 4 N–H and O–H groups in total. The Morgan fingerprint density at radius 2 is 1.52 bits per heavy atom. The van der Waals surface area contributed by atoms with E-state index in [-0.39, 0.29) is 0 Å². The zero-order valence-corrected chi connectivity index (χ0v) is 14.0. The van der Waals surface area contributed by atoms with Crippen molar-refractivity contribution < 1.29 is 0 Å². The van der Waals surface area contributed by atoms with Gasteiger partial charge in [0, 0.05) is 33.1 Å². The van der Waals surface area contributed by atoms with Crippen LogP contribution in [0.5, 0.6) is 0 Å². The first-order valence-corrected chi connectivity index (χ1v) is 8.57. The van der Waals surface area contributed by atoms with Crippen LogP contribution in [0.2, 0.25) is 0 Å². The number of benzene rings is 2. The second kappa shape index (κ2) is 5.93. The highest BCUT2D eigenvalue weighted by Gasteiger charge is 2.15. The molecule has 2 aromatic heterocycles. The van der Waals surface area contributed by atoms with Crippen LogP contribution in [0.15, 0.2) is 60.1 Å². The van der Waals surface area contributed by atoms with Gasteiger partial charge in [0.25, 0.3) is 0 Å². The van der Waals surface area contributed by atoms with Gasteiger partial charge in [0.1, 0.15) is 5.82 Å². The van der Waals surface area contributed by atoms with Crippen LogP contribution in [0.3, 0.4) is 0 Å². The molecule has 4 rings (SSSR count). The summed E-state index contributed by atoms with van der Waals surface area (Å²) in [6, 6.07) is 17.4. The number of nitrogen functional groups attached to an aromatic ring is 2. The van der Waals surface area contributed by atoms with Crippen LogP contribution in [-0.4, -0.2) is 4.98 Å². The van der Waals surface area contributed by atoms with Crippen molar-refractivity contribution in [1.82, 2.24) is 4.98 Å². The van der Waals surface area contributed by atoms with E-state index in [1.165, 1.54) is 0 Å². The lowest BCUT2D eigenvalue weighted by atomic mass is 10.0. The molecule has 0 amide bonds. The predicted octanol–water partition coefficient (Wildman–Crippen LogP) is 4.67. The molecule has 0 fully saturated rings. The Balaban J connectivity index is 1.92. The van der Waals surface area contributed by atoms with Crippen molar-refractivity contribution in [3.63, 3.8) is 0 Å². The molecular formula is C20H14N4S. The van der Waals surface area contributed by atoms with Crippen molar-refractivity contribution >= 4 is 32.9 Å². The Kier molecular flexibility index (Phi) is 3.60. The van der Waals surface area contributed by atoms with Gasteiger partial charge < -0.3 is 11.5 Å². The number of nitrogens with zero attached hydrogens (tertiary/aromatic N) is 2. The van der Waals surface area contributed by atoms with Crippen LogP contribution in [0.1, 0.15) is 5.56 Å². The highest BCUT2D eigenvalue weighted by atomic mass is 32.1. The summed E-state index contributed by atoms with van der Waals surface area (Å²) in [6.07, 6.45) is 1.79. The molecule has 0 aliphatic heterocycles. The number of rotatable bonds is 2. The molecule has 120 valence electrons. The summed E-state index contributed by atoms with van der Waals surface area (Å²) in [6.45, 7) is 0. The van der Waals surface area contributed by atoms with Gasteiger partial charge in [0.05, 0.1) is 11.6 Å². The smallest absolute Gasteiger partial charge is 0.132 e. The third-order valence-corrected chi connectivity index (χ3v) is 5.18. The standard InChI is InChI=1S/C20H14N4S/c21-9-12-1-3-13(4-2-12)16-10-24-20(23)18-17(11-25-19(16)18)14-5-7-15(22)8-6-14/h1-8,10-11H,22H2,(H2,23,24). The highest BCUT2D eigenvalue weighted by Crippen LogP contribution is 2.41. The van der Waals surface area contributed by atoms with Gasteiger partial charge >= 0.3 is 0 Å². The summed E-state index contributed by atoms with van der Waals surface area (Å²) in [5, 5.41) is 12.0. The summed E-state index contributed by atoms with van der Waals surface area (Å²) < 4.78 is 1.09. The van der Waals surface area contributed by atoms with Gasteiger partial charge in [-0.2, -0.15) is 5.26 Å². The number of anilines is 2. The van der Waals surface area contributed by atoms with Crippen molar-refractivity contribution in [2.75, 3.05) is 11.5 Å². The average molecular weight is 342 g/mol.